The normalized spacial score (nSPS) is 11.1. The minimum atomic E-state index is -2.30. The van der Waals surface area contributed by atoms with Gasteiger partial charge in [0.05, 0.1) is 0 Å². The molecule has 0 fully saturated rings. The van der Waals surface area contributed by atoms with Gasteiger partial charge in [-0.1, -0.05) is 19.1 Å². The van der Waals surface area contributed by atoms with Gasteiger partial charge in [0.2, 0.25) is 34.8 Å². The van der Waals surface area contributed by atoms with E-state index in [0.29, 0.717) is 0 Å². The average Bonchev–Trinajstić information content (AvgIpc) is 2.44. The van der Waals surface area contributed by atoms with Crippen molar-refractivity contribution in [3.63, 3.8) is 0 Å². The Bertz CT molecular complexity index is 511. The molecule has 0 spiro atoms. The summed E-state index contributed by atoms with van der Waals surface area (Å²) in [6.45, 7) is 1.86. The van der Waals surface area contributed by atoms with Crippen LogP contribution in [0.2, 0.25) is 0 Å². The van der Waals surface area contributed by atoms with Crippen molar-refractivity contribution in [2.45, 2.75) is 26.2 Å². The molecule has 0 N–H and O–H groups in total. The molecule has 110 valence electrons. The second-order valence-corrected chi connectivity index (χ2v) is 3.79. The maximum Gasteiger partial charge on any atom is 0.311 e. The molecule has 20 heavy (non-hydrogen) atoms. The summed E-state index contributed by atoms with van der Waals surface area (Å²) >= 11 is 0. The molecule has 0 saturated heterocycles. The van der Waals surface area contributed by atoms with Crippen LogP contribution in [0.15, 0.2) is 12.2 Å². The highest BCUT2D eigenvalue weighted by molar-refractivity contribution is 5.72. The van der Waals surface area contributed by atoms with Crippen LogP contribution in [0.5, 0.6) is 5.75 Å². The van der Waals surface area contributed by atoms with Crippen molar-refractivity contribution in [3.8, 4) is 5.75 Å². The lowest BCUT2D eigenvalue weighted by Gasteiger charge is -2.08. The van der Waals surface area contributed by atoms with Gasteiger partial charge in [-0.3, -0.25) is 4.79 Å². The van der Waals surface area contributed by atoms with Gasteiger partial charge in [-0.05, 0) is 12.8 Å². The molecule has 0 amide bonds. The SMILES string of the molecule is CCC=CCCC(=O)Oc1c(F)c(F)c(F)c(F)c1F. The van der Waals surface area contributed by atoms with E-state index in [4.69, 9.17) is 0 Å². The molecule has 0 aliphatic rings. The third-order valence-electron chi connectivity index (χ3n) is 2.30. The summed E-state index contributed by atoms with van der Waals surface area (Å²) in [7, 11) is 0. The summed E-state index contributed by atoms with van der Waals surface area (Å²) in [6.07, 6.45) is 4.14. The summed E-state index contributed by atoms with van der Waals surface area (Å²) in [4.78, 5) is 11.3. The van der Waals surface area contributed by atoms with Gasteiger partial charge in [-0.25, -0.2) is 13.2 Å². The van der Waals surface area contributed by atoms with Gasteiger partial charge >= 0.3 is 5.97 Å². The highest BCUT2D eigenvalue weighted by atomic mass is 19.2. The highest BCUT2D eigenvalue weighted by Gasteiger charge is 2.28. The van der Waals surface area contributed by atoms with Crippen LogP contribution >= 0.6 is 0 Å². The predicted molar refractivity (Wildman–Crippen MR) is 60.5 cm³/mol. The Hall–Kier alpha value is -1.92. The quantitative estimate of drug-likeness (QED) is 0.205. The predicted octanol–water partition coefficient (Wildman–Crippen LogP) is 4.03. The van der Waals surface area contributed by atoms with Crippen LogP contribution in [0.1, 0.15) is 26.2 Å². The molecule has 0 aliphatic carbocycles. The fraction of sp³-hybridized carbons (Fsp3) is 0.308. The Morgan fingerprint density at radius 1 is 0.950 bits per heavy atom. The number of esters is 1. The van der Waals surface area contributed by atoms with Gasteiger partial charge in [0.15, 0.2) is 0 Å². The fourth-order valence-electron chi connectivity index (χ4n) is 1.32. The Morgan fingerprint density at radius 3 is 1.95 bits per heavy atom. The van der Waals surface area contributed by atoms with Crippen LogP contribution in [0, 0.1) is 29.1 Å². The van der Waals surface area contributed by atoms with Crippen molar-refractivity contribution in [2.24, 2.45) is 0 Å². The molecule has 1 aromatic rings. The number of carbonyl (C=O) groups is 1. The van der Waals surface area contributed by atoms with Crippen molar-refractivity contribution < 1.29 is 31.5 Å². The number of hydrogen-bond donors (Lipinski definition) is 0. The lowest BCUT2D eigenvalue weighted by molar-refractivity contribution is -0.134. The minimum Gasteiger partial charge on any atom is -0.420 e. The third-order valence-corrected chi connectivity index (χ3v) is 2.30. The number of halogens is 5. The number of carbonyl (C=O) groups excluding carboxylic acids is 1. The molecule has 0 saturated carbocycles. The molecule has 1 rings (SSSR count). The minimum absolute atomic E-state index is 0.238. The lowest BCUT2D eigenvalue weighted by atomic mass is 10.2. The molecule has 0 bridgehead atoms. The van der Waals surface area contributed by atoms with Gasteiger partial charge in [-0.2, -0.15) is 8.78 Å². The van der Waals surface area contributed by atoms with E-state index in [9.17, 15) is 26.7 Å². The Labute approximate surface area is 111 Å². The van der Waals surface area contributed by atoms with Crippen molar-refractivity contribution in [1.82, 2.24) is 0 Å². The summed E-state index contributed by atoms with van der Waals surface area (Å²) in [5.74, 6) is -13.6. The zero-order chi connectivity index (χ0) is 15.3. The standard InChI is InChI=1S/C13H11F5O2/c1-2-3-4-5-6-7(19)20-13-11(17)9(15)8(14)10(16)12(13)18/h3-4H,2,5-6H2,1H3. The Kier molecular flexibility index (Phi) is 5.66. The van der Waals surface area contributed by atoms with Gasteiger partial charge in [0.25, 0.3) is 0 Å². The van der Waals surface area contributed by atoms with E-state index >= 15 is 0 Å². The molecule has 0 radical (unpaired) electrons. The maximum absolute atomic E-state index is 13.2. The maximum atomic E-state index is 13.2. The van der Waals surface area contributed by atoms with Gasteiger partial charge in [0.1, 0.15) is 0 Å². The largest absolute Gasteiger partial charge is 0.420 e. The second-order valence-electron chi connectivity index (χ2n) is 3.79. The van der Waals surface area contributed by atoms with Crippen molar-refractivity contribution >= 4 is 5.97 Å². The first-order valence-corrected chi connectivity index (χ1v) is 5.77. The van der Waals surface area contributed by atoms with E-state index in [0.717, 1.165) is 6.42 Å². The molecule has 0 aromatic heterocycles. The first kappa shape index (κ1) is 16.1. The average molecular weight is 294 g/mol. The molecule has 1 aromatic carbocycles. The van der Waals surface area contributed by atoms with Crippen LogP contribution in [-0.2, 0) is 4.79 Å². The van der Waals surface area contributed by atoms with Crippen LogP contribution in [0.4, 0.5) is 22.0 Å². The van der Waals surface area contributed by atoms with E-state index in [-0.39, 0.29) is 12.8 Å². The van der Waals surface area contributed by atoms with Gasteiger partial charge in [0, 0.05) is 6.42 Å². The molecule has 7 heteroatoms. The van der Waals surface area contributed by atoms with Crippen LogP contribution in [-0.4, -0.2) is 5.97 Å². The summed E-state index contributed by atoms with van der Waals surface area (Å²) < 4.78 is 69.0. The monoisotopic (exact) mass is 294 g/mol. The number of hydrogen-bond acceptors (Lipinski definition) is 2. The van der Waals surface area contributed by atoms with Crippen molar-refractivity contribution in [3.05, 3.63) is 41.2 Å². The topological polar surface area (TPSA) is 26.3 Å². The molecule has 0 atom stereocenters. The molecule has 0 aliphatic heterocycles. The fourth-order valence-corrected chi connectivity index (χ4v) is 1.32. The number of allylic oxidation sites excluding steroid dienone is 2. The summed E-state index contributed by atoms with van der Waals surface area (Å²) in [6, 6.07) is 0. The van der Waals surface area contributed by atoms with E-state index in [1.807, 2.05) is 6.92 Å². The highest BCUT2D eigenvalue weighted by Crippen LogP contribution is 2.29. The first-order chi connectivity index (χ1) is 9.40. The van der Waals surface area contributed by atoms with Crippen LogP contribution < -0.4 is 4.74 Å². The number of benzene rings is 1. The molecular weight excluding hydrogens is 283 g/mol. The van der Waals surface area contributed by atoms with E-state index < -0.39 is 40.8 Å². The zero-order valence-corrected chi connectivity index (χ0v) is 10.5. The first-order valence-electron chi connectivity index (χ1n) is 5.77. The lowest BCUT2D eigenvalue weighted by Crippen LogP contribution is -2.13. The van der Waals surface area contributed by atoms with Crippen LogP contribution in [0.3, 0.4) is 0 Å². The van der Waals surface area contributed by atoms with E-state index in [2.05, 4.69) is 4.74 Å². The summed E-state index contributed by atoms with van der Waals surface area (Å²) in [5.41, 5.74) is 0. The van der Waals surface area contributed by atoms with Gasteiger partial charge < -0.3 is 4.74 Å². The third kappa shape index (κ3) is 3.55. The molecule has 0 heterocycles. The molecular formula is C13H11F5O2. The van der Waals surface area contributed by atoms with Gasteiger partial charge in [-0.15, -0.1) is 0 Å². The Balaban J connectivity index is 2.88. The van der Waals surface area contributed by atoms with Crippen molar-refractivity contribution in [2.75, 3.05) is 0 Å². The van der Waals surface area contributed by atoms with E-state index in [1.165, 1.54) is 0 Å². The van der Waals surface area contributed by atoms with Crippen molar-refractivity contribution in [1.29, 1.82) is 0 Å². The number of rotatable bonds is 5. The molecule has 0 unspecified atom stereocenters. The zero-order valence-electron chi connectivity index (χ0n) is 10.5. The smallest absolute Gasteiger partial charge is 0.311 e. The van der Waals surface area contributed by atoms with Crippen LogP contribution in [0.25, 0.3) is 0 Å². The number of ether oxygens (including phenoxy) is 1. The second kappa shape index (κ2) is 7.02. The Morgan fingerprint density at radius 2 is 1.45 bits per heavy atom. The molecule has 2 nitrogen and oxygen atoms in total. The summed E-state index contributed by atoms with van der Waals surface area (Å²) in [5, 5.41) is 0. The van der Waals surface area contributed by atoms with E-state index in [1.54, 1.807) is 12.2 Å².